The second-order valence-corrected chi connectivity index (χ2v) is 6.92. The number of rotatable bonds is 7. The molecule has 1 amide bonds. The van der Waals surface area contributed by atoms with Crippen molar-refractivity contribution in [2.45, 2.75) is 59.0 Å². The molecule has 3 rings (SSSR count). The highest BCUT2D eigenvalue weighted by atomic mass is 16.5. The summed E-state index contributed by atoms with van der Waals surface area (Å²) in [6, 6.07) is 12.0. The van der Waals surface area contributed by atoms with Crippen molar-refractivity contribution in [1.29, 1.82) is 0 Å². The summed E-state index contributed by atoms with van der Waals surface area (Å²) in [5, 5.41) is 11.1. The Hall–Kier alpha value is -2.33. The molecule has 2 aromatic rings. The molecule has 0 spiro atoms. The molecule has 26 heavy (non-hydrogen) atoms. The van der Waals surface area contributed by atoms with E-state index < -0.39 is 0 Å². The number of hydrogen-bond donors (Lipinski definition) is 1. The first-order valence-electron chi connectivity index (χ1n) is 9.41. The zero-order chi connectivity index (χ0) is 18.7. The predicted octanol–water partition coefficient (Wildman–Crippen LogP) is 5.15. The van der Waals surface area contributed by atoms with Gasteiger partial charge in [0.25, 0.3) is 0 Å². The van der Waals surface area contributed by atoms with E-state index in [0.29, 0.717) is 18.2 Å². The molecule has 0 aliphatic heterocycles. The molecule has 4 heteroatoms. The normalized spacial score (nSPS) is 13.5. The van der Waals surface area contributed by atoms with Crippen LogP contribution in [0.2, 0.25) is 0 Å². The Morgan fingerprint density at radius 2 is 2.00 bits per heavy atom. The molecular weight excluding hydrogens is 326 g/mol. The first kappa shape index (κ1) is 18.5. The van der Waals surface area contributed by atoms with Crippen LogP contribution in [0.4, 0.5) is 5.69 Å². The highest BCUT2D eigenvalue weighted by Crippen LogP contribution is 2.44. The molecule has 0 atom stereocenters. The first-order chi connectivity index (χ1) is 12.5. The molecule has 0 radical (unpaired) electrons. The van der Waals surface area contributed by atoms with Crippen LogP contribution in [0, 0.1) is 6.92 Å². The Balaban J connectivity index is 1.89. The number of nitrogens with zero attached hydrogens (tertiary/aromatic N) is 1. The van der Waals surface area contributed by atoms with E-state index in [4.69, 9.17) is 4.74 Å². The van der Waals surface area contributed by atoms with Gasteiger partial charge in [-0.2, -0.15) is 5.06 Å². The fourth-order valence-electron chi connectivity index (χ4n) is 3.25. The van der Waals surface area contributed by atoms with Gasteiger partial charge in [0.2, 0.25) is 5.91 Å². The van der Waals surface area contributed by atoms with Crippen molar-refractivity contribution in [3.8, 4) is 5.75 Å². The van der Waals surface area contributed by atoms with Crippen LogP contribution in [-0.2, 0) is 17.8 Å². The van der Waals surface area contributed by atoms with Crippen molar-refractivity contribution in [2.24, 2.45) is 0 Å². The first-order valence-corrected chi connectivity index (χ1v) is 9.41. The summed E-state index contributed by atoms with van der Waals surface area (Å²) in [6.07, 6.45) is 3.54. The second kappa shape index (κ2) is 7.92. The molecule has 0 heterocycles. The average molecular weight is 353 g/mol. The maximum atomic E-state index is 12.0. The van der Waals surface area contributed by atoms with Crippen LogP contribution < -0.4 is 9.80 Å². The molecule has 138 valence electrons. The SMILES string of the molecule is CCC(=O)N(O)c1cccc(C2CC2)c1COc1ccc(CC)cc1C. The Morgan fingerprint density at radius 1 is 1.23 bits per heavy atom. The molecule has 1 fully saturated rings. The molecule has 1 N–H and O–H groups in total. The molecule has 0 aromatic heterocycles. The third kappa shape index (κ3) is 3.91. The average Bonchev–Trinajstić information content (AvgIpc) is 3.50. The molecule has 0 saturated heterocycles. The molecule has 2 aromatic carbocycles. The number of ether oxygens (including phenoxy) is 1. The Labute approximate surface area is 155 Å². The van der Waals surface area contributed by atoms with Crippen molar-refractivity contribution in [3.63, 3.8) is 0 Å². The van der Waals surface area contributed by atoms with Gasteiger partial charge >= 0.3 is 0 Å². The van der Waals surface area contributed by atoms with E-state index in [1.165, 1.54) is 11.1 Å². The van der Waals surface area contributed by atoms with Crippen LogP contribution in [0.15, 0.2) is 36.4 Å². The van der Waals surface area contributed by atoms with Gasteiger partial charge in [0.1, 0.15) is 12.4 Å². The van der Waals surface area contributed by atoms with Gasteiger partial charge in [0.05, 0.1) is 5.69 Å². The molecule has 1 saturated carbocycles. The van der Waals surface area contributed by atoms with Crippen LogP contribution in [0.5, 0.6) is 5.75 Å². The molecule has 0 unspecified atom stereocenters. The highest BCUT2D eigenvalue weighted by molar-refractivity contribution is 5.91. The predicted molar refractivity (Wildman–Crippen MR) is 103 cm³/mol. The number of carbonyl (C=O) groups excluding carboxylic acids is 1. The lowest BCUT2D eigenvalue weighted by molar-refractivity contribution is -0.123. The maximum absolute atomic E-state index is 12.0. The van der Waals surface area contributed by atoms with E-state index >= 15 is 0 Å². The smallest absolute Gasteiger partial charge is 0.250 e. The summed E-state index contributed by atoms with van der Waals surface area (Å²) in [5.41, 5.74) is 4.99. The van der Waals surface area contributed by atoms with Gasteiger partial charge in [-0.05, 0) is 60.9 Å². The van der Waals surface area contributed by atoms with E-state index in [0.717, 1.165) is 41.2 Å². The lowest BCUT2D eigenvalue weighted by Crippen LogP contribution is -2.27. The van der Waals surface area contributed by atoms with Gasteiger partial charge in [-0.1, -0.05) is 38.1 Å². The minimum absolute atomic E-state index is 0.252. The van der Waals surface area contributed by atoms with E-state index in [-0.39, 0.29) is 12.3 Å². The van der Waals surface area contributed by atoms with Gasteiger partial charge in [0.15, 0.2) is 0 Å². The summed E-state index contributed by atoms with van der Waals surface area (Å²) in [5.74, 6) is 1.02. The van der Waals surface area contributed by atoms with Crippen molar-refractivity contribution in [3.05, 3.63) is 58.7 Å². The Morgan fingerprint density at radius 3 is 2.62 bits per heavy atom. The maximum Gasteiger partial charge on any atom is 0.250 e. The highest BCUT2D eigenvalue weighted by Gasteiger charge is 2.29. The van der Waals surface area contributed by atoms with Gasteiger partial charge < -0.3 is 4.74 Å². The van der Waals surface area contributed by atoms with Crippen LogP contribution in [0.25, 0.3) is 0 Å². The minimum Gasteiger partial charge on any atom is -0.489 e. The molecule has 0 bridgehead atoms. The Kier molecular flexibility index (Phi) is 5.62. The Bertz CT molecular complexity index is 796. The third-order valence-corrected chi connectivity index (χ3v) is 4.99. The number of amides is 1. The van der Waals surface area contributed by atoms with Gasteiger partial charge in [-0.3, -0.25) is 10.0 Å². The van der Waals surface area contributed by atoms with Crippen molar-refractivity contribution in [2.75, 3.05) is 5.06 Å². The lowest BCUT2D eigenvalue weighted by Gasteiger charge is -2.21. The number of carbonyl (C=O) groups is 1. The largest absolute Gasteiger partial charge is 0.489 e. The number of aryl methyl sites for hydroxylation is 2. The van der Waals surface area contributed by atoms with E-state index in [9.17, 15) is 10.0 Å². The summed E-state index contributed by atoms with van der Waals surface area (Å²) >= 11 is 0. The summed E-state index contributed by atoms with van der Waals surface area (Å²) < 4.78 is 6.10. The number of anilines is 1. The van der Waals surface area contributed by atoms with Gasteiger partial charge in [-0.15, -0.1) is 0 Å². The van der Waals surface area contributed by atoms with Crippen LogP contribution in [-0.4, -0.2) is 11.1 Å². The van der Waals surface area contributed by atoms with Crippen molar-refractivity contribution in [1.82, 2.24) is 0 Å². The number of benzene rings is 2. The fraction of sp³-hybridized carbons (Fsp3) is 0.409. The van der Waals surface area contributed by atoms with Crippen LogP contribution in [0.1, 0.15) is 61.3 Å². The quantitative estimate of drug-likeness (QED) is 0.553. The van der Waals surface area contributed by atoms with E-state index in [2.05, 4.69) is 25.1 Å². The standard InChI is InChI=1S/C22H27NO3/c1-4-16-9-12-21(15(3)13-16)26-14-19-18(17-10-11-17)7-6-8-20(19)23(25)22(24)5-2/h6-9,12-13,17,25H,4-5,10-11,14H2,1-3H3. The monoisotopic (exact) mass is 353 g/mol. The molecule has 1 aliphatic rings. The molecule has 1 aliphatic carbocycles. The van der Waals surface area contributed by atoms with Crippen molar-refractivity contribution < 1.29 is 14.7 Å². The minimum atomic E-state index is -0.317. The topological polar surface area (TPSA) is 49.8 Å². The zero-order valence-electron chi connectivity index (χ0n) is 15.8. The van der Waals surface area contributed by atoms with Crippen LogP contribution in [0.3, 0.4) is 0 Å². The van der Waals surface area contributed by atoms with Gasteiger partial charge in [0, 0.05) is 12.0 Å². The zero-order valence-corrected chi connectivity index (χ0v) is 15.8. The molecule has 4 nitrogen and oxygen atoms in total. The third-order valence-electron chi connectivity index (χ3n) is 4.99. The summed E-state index contributed by atoms with van der Waals surface area (Å²) in [6.45, 7) is 6.25. The number of hydrogen-bond acceptors (Lipinski definition) is 3. The summed E-state index contributed by atoms with van der Waals surface area (Å²) in [7, 11) is 0. The van der Waals surface area contributed by atoms with Gasteiger partial charge in [-0.25, -0.2) is 0 Å². The lowest BCUT2D eigenvalue weighted by atomic mass is 10.0. The van der Waals surface area contributed by atoms with Crippen LogP contribution >= 0.6 is 0 Å². The summed E-state index contributed by atoms with van der Waals surface area (Å²) in [4.78, 5) is 12.0. The van der Waals surface area contributed by atoms with E-state index in [1.54, 1.807) is 13.0 Å². The number of hydroxylamine groups is 1. The van der Waals surface area contributed by atoms with E-state index in [1.807, 2.05) is 19.1 Å². The fourth-order valence-corrected chi connectivity index (χ4v) is 3.25. The van der Waals surface area contributed by atoms with Crippen molar-refractivity contribution >= 4 is 11.6 Å². The second-order valence-electron chi connectivity index (χ2n) is 6.92. The molecular formula is C22H27NO3.